The molecule has 2 rings (SSSR count). The van der Waals surface area contributed by atoms with Crippen molar-refractivity contribution in [1.29, 1.82) is 0 Å². The molecule has 1 aromatic rings. The van der Waals surface area contributed by atoms with E-state index in [0.717, 1.165) is 5.56 Å². The number of amides is 1. The first-order valence-corrected chi connectivity index (χ1v) is 6.83. The van der Waals surface area contributed by atoms with Crippen LogP contribution in [0.2, 0.25) is 0 Å². The van der Waals surface area contributed by atoms with Crippen LogP contribution < -0.4 is 11.1 Å². The van der Waals surface area contributed by atoms with Crippen molar-refractivity contribution in [3.8, 4) is 0 Å². The number of methoxy groups -OCH3 is 1. The summed E-state index contributed by atoms with van der Waals surface area (Å²) in [5.41, 5.74) is 7.02. The Hall–Kier alpha value is -1.63. The van der Waals surface area contributed by atoms with Gasteiger partial charge in [0.05, 0.1) is 12.7 Å². The maximum absolute atomic E-state index is 12.4. The number of carbonyl (C=O) groups is 2. The predicted octanol–water partition coefficient (Wildman–Crippen LogP) is 1.65. The molecule has 1 amide bonds. The lowest BCUT2D eigenvalue weighted by Gasteiger charge is -2.32. The number of nitrogens with two attached hydrogens (primary N) is 1. The minimum Gasteiger partial charge on any atom is -0.465 e. The van der Waals surface area contributed by atoms with Gasteiger partial charge in [0.2, 0.25) is 5.91 Å². The van der Waals surface area contributed by atoms with Crippen molar-refractivity contribution in [3.63, 3.8) is 0 Å². The fraction of sp³-hybridized carbons (Fsp3) is 0.467. The molecule has 22 heavy (non-hydrogen) atoms. The molecule has 0 saturated carbocycles. The zero-order chi connectivity index (χ0) is 15.5. The van der Waals surface area contributed by atoms with E-state index in [1.54, 1.807) is 18.2 Å². The third kappa shape index (κ3) is 3.97. The smallest absolute Gasteiger partial charge is 0.337 e. The van der Waals surface area contributed by atoms with Crippen LogP contribution in [0.5, 0.6) is 0 Å². The minimum absolute atomic E-state index is 0. The quantitative estimate of drug-likeness (QED) is 0.823. The summed E-state index contributed by atoms with van der Waals surface area (Å²) in [6.45, 7) is 2.81. The predicted molar refractivity (Wildman–Crippen MR) is 85.4 cm³/mol. The fourth-order valence-electron chi connectivity index (χ4n) is 2.21. The van der Waals surface area contributed by atoms with E-state index in [4.69, 9.17) is 10.5 Å². The highest BCUT2D eigenvalue weighted by molar-refractivity contribution is 6.00. The van der Waals surface area contributed by atoms with E-state index in [1.165, 1.54) is 7.11 Å². The lowest BCUT2D eigenvalue weighted by molar-refractivity contribution is -0.124. The highest BCUT2D eigenvalue weighted by Crippen LogP contribution is 2.23. The van der Waals surface area contributed by atoms with Crippen LogP contribution in [-0.2, 0) is 14.3 Å². The van der Waals surface area contributed by atoms with Crippen LogP contribution in [0, 0.1) is 6.92 Å². The summed E-state index contributed by atoms with van der Waals surface area (Å²) in [4.78, 5) is 23.9. The van der Waals surface area contributed by atoms with Gasteiger partial charge in [0.1, 0.15) is 5.54 Å². The van der Waals surface area contributed by atoms with Gasteiger partial charge >= 0.3 is 5.97 Å². The van der Waals surface area contributed by atoms with Crippen molar-refractivity contribution < 1.29 is 19.1 Å². The first-order valence-electron chi connectivity index (χ1n) is 6.83. The van der Waals surface area contributed by atoms with E-state index in [1.807, 2.05) is 6.92 Å². The maximum atomic E-state index is 12.4. The Labute approximate surface area is 135 Å². The zero-order valence-corrected chi connectivity index (χ0v) is 13.5. The SMILES string of the molecule is COC(=O)c1ccc(C)c(NC(=O)C2(N)CCOCC2)c1.Cl. The number of rotatable bonds is 3. The van der Waals surface area contributed by atoms with Gasteiger partial charge in [0.25, 0.3) is 0 Å². The summed E-state index contributed by atoms with van der Waals surface area (Å²) >= 11 is 0. The highest BCUT2D eigenvalue weighted by atomic mass is 35.5. The van der Waals surface area contributed by atoms with Crippen LogP contribution >= 0.6 is 12.4 Å². The Morgan fingerprint density at radius 3 is 2.55 bits per heavy atom. The lowest BCUT2D eigenvalue weighted by atomic mass is 9.90. The van der Waals surface area contributed by atoms with Crippen molar-refractivity contribution >= 4 is 30.0 Å². The van der Waals surface area contributed by atoms with Crippen molar-refractivity contribution in [2.45, 2.75) is 25.3 Å². The number of hydrogen-bond donors (Lipinski definition) is 2. The molecule has 7 heteroatoms. The second kappa shape index (κ2) is 7.58. The number of ether oxygens (including phenoxy) is 2. The minimum atomic E-state index is -0.925. The Balaban J connectivity index is 0.00000242. The molecule has 3 N–H and O–H groups in total. The molecule has 0 aromatic heterocycles. The highest BCUT2D eigenvalue weighted by Gasteiger charge is 2.36. The molecule has 6 nitrogen and oxygen atoms in total. The van der Waals surface area contributed by atoms with Crippen molar-refractivity contribution in [2.24, 2.45) is 5.73 Å². The summed E-state index contributed by atoms with van der Waals surface area (Å²) in [5, 5.41) is 2.81. The van der Waals surface area contributed by atoms with E-state index in [0.29, 0.717) is 37.3 Å². The second-order valence-corrected chi connectivity index (χ2v) is 5.24. The summed E-state index contributed by atoms with van der Waals surface area (Å²) in [7, 11) is 1.32. The van der Waals surface area contributed by atoms with Crippen LogP contribution in [0.4, 0.5) is 5.69 Å². The number of esters is 1. The average molecular weight is 329 g/mol. The van der Waals surface area contributed by atoms with Crippen LogP contribution in [0.1, 0.15) is 28.8 Å². The summed E-state index contributed by atoms with van der Waals surface area (Å²) in [5.74, 6) is -0.699. The number of carbonyl (C=O) groups excluding carboxylic acids is 2. The van der Waals surface area contributed by atoms with Crippen LogP contribution in [-0.4, -0.2) is 37.7 Å². The van der Waals surface area contributed by atoms with Gasteiger partial charge in [-0.15, -0.1) is 12.4 Å². The standard InChI is InChI=1S/C15H20N2O4.ClH/c1-10-3-4-11(13(18)20-2)9-12(10)17-14(19)15(16)5-7-21-8-6-15;/h3-4,9H,5-8,16H2,1-2H3,(H,17,19);1H. The number of hydrogen-bond acceptors (Lipinski definition) is 5. The molecular formula is C15H21ClN2O4. The third-order valence-electron chi connectivity index (χ3n) is 3.74. The summed E-state index contributed by atoms with van der Waals surface area (Å²) in [6, 6.07) is 5.01. The Morgan fingerprint density at radius 1 is 1.32 bits per heavy atom. The number of anilines is 1. The number of benzene rings is 1. The molecule has 0 bridgehead atoms. The first kappa shape index (κ1) is 18.4. The van der Waals surface area contributed by atoms with Gasteiger partial charge < -0.3 is 20.5 Å². The van der Waals surface area contributed by atoms with Gasteiger partial charge in [0.15, 0.2) is 0 Å². The molecule has 0 atom stereocenters. The van der Waals surface area contributed by atoms with E-state index < -0.39 is 11.5 Å². The summed E-state index contributed by atoms with van der Waals surface area (Å²) in [6.07, 6.45) is 0.961. The summed E-state index contributed by atoms with van der Waals surface area (Å²) < 4.78 is 9.91. The van der Waals surface area contributed by atoms with Crippen molar-refractivity contribution in [2.75, 3.05) is 25.6 Å². The Bertz CT molecular complexity index is 556. The monoisotopic (exact) mass is 328 g/mol. The largest absolute Gasteiger partial charge is 0.465 e. The van der Waals surface area contributed by atoms with Crippen LogP contribution in [0.25, 0.3) is 0 Å². The Kier molecular flexibility index (Phi) is 6.34. The number of aryl methyl sites for hydroxylation is 1. The van der Waals surface area contributed by atoms with Crippen LogP contribution in [0.15, 0.2) is 18.2 Å². The molecule has 1 saturated heterocycles. The molecule has 122 valence electrons. The Morgan fingerprint density at radius 2 is 1.95 bits per heavy atom. The van der Waals surface area contributed by atoms with E-state index in [9.17, 15) is 9.59 Å². The van der Waals surface area contributed by atoms with Crippen molar-refractivity contribution in [1.82, 2.24) is 0 Å². The fourth-order valence-corrected chi connectivity index (χ4v) is 2.21. The number of nitrogens with one attached hydrogen (secondary N) is 1. The van der Waals surface area contributed by atoms with Gasteiger partial charge in [-0.05, 0) is 37.5 Å². The number of halogens is 1. The molecule has 0 aliphatic carbocycles. The van der Waals surface area contributed by atoms with Gasteiger partial charge in [0, 0.05) is 18.9 Å². The van der Waals surface area contributed by atoms with E-state index in [2.05, 4.69) is 10.1 Å². The van der Waals surface area contributed by atoms with E-state index in [-0.39, 0.29) is 18.3 Å². The third-order valence-corrected chi connectivity index (χ3v) is 3.74. The zero-order valence-electron chi connectivity index (χ0n) is 12.7. The maximum Gasteiger partial charge on any atom is 0.337 e. The topological polar surface area (TPSA) is 90.7 Å². The van der Waals surface area contributed by atoms with E-state index >= 15 is 0 Å². The van der Waals surface area contributed by atoms with Crippen LogP contribution in [0.3, 0.4) is 0 Å². The lowest BCUT2D eigenvalue weighted by Crippen LogP contribution is -2.54. The van der Waals surface area contributed by atoms with Crippen molar-refractivity contribution in [3.05, 3.63) is 29.3 Å². The van der Waals surface area contributed by atoms with Gasteiger partial charge in [-0.25, -0.2) is 4.79 Å². The molecular weight excluding hydrogens is 308 g/mol. The molecule has 1 aromatic carbocycles. The van der Waals surface area contributed by atoms with Gasteiger partial charge in [-0.1, -0.05) is 6.07 Å². The molecule has 0 unspecified atom stereocenters. The molecule has 1 fully saturated rings. The molecule has 0 spiro atoms. The molecule has 0 radical (unpaired) electrons. The van der Waals surface area contributed by atoms with Gasteiger partial charge in [-0.3, -0.25) is 4.79 Å². The molecule has 1 heterocycles. The second-order valence-electron chi connectivity index (χ2n) is 5.24. The van der Waals surface area contributed by atoms with Gasteiger partial charge in [-0.2, -0.15) is 0 Å². The molecule has 1 aliphatic heterocycles. The molecule has 1 aliphatic rings. The normalized spacial score (nSPS) is 16.3. The first-order chi connectivity index (χ1) is 9.96. The average Bonchev–Trinajstić information content (AvgIpc) is 2.49.